The third-order valence-corrected chi connectivity index (χ3v) is 10.3. The second kappa shape index (κ2) is 11.6. The average Bonchev–Trinajstić information content (AvgIpc) is 3.49. The van der Waals surface area contributed by atoms with Gasteiger partial charge in [0.15, 0.2) is 0 Å². The van der Waals surface area contributed by atoms with Gasteiger partial charge in [0.05, 0.1) is 11.5 Å². The largest absolute Gasteiger partial charge is 0.371 e. The molecule has 2 heterocycles. The summed E-state index contributed by atoms with van der Waals surface area (Å²) in [5.41, 5.74) is 2.31. The molecule has 1 aliphatic carbocycles. The summed E-state index contributed by atoms with van der Waals surface area (Å²) in [5, 5.41) is 10.7. The fraction of sp³-hybridized carbons (Fsp3) is 0.441. The van der Waals surface area contributed by atoms with Crippen LogP contribution in [0.3, 0.4) is 0 Å². The van der Waals surface area contributed by atoms with Gasteiger partial charge in [-0.2, -0.15) is 5.26 Å². The Hall–Kier alpha value is -2.74. The molecule has 1 unspecified atom stereocenters. The summed E-state index contributed by atoms with van der Waals surface area (Å²) in [7, 11) is 0. The Bertz CT molecular complexity index is 1200. The summed E-state index contributed by atoms with van der Waals surface area (Å²) in [6.45, 7) is 5.77. The van der Waals surface area contributed by atoms with E-state index in [-0.39, 0.29) is 5.41 Å². The molecule has 196 valence electrons. The van der Waals surface area contributed by atoms with E-state index < -0.39 is 0 Å². The van der Waals surface area contributed by atoms with Crippen LogP contribution in [0.1, 0.15) is 44.1 Å². The SMILES string of the molecule is N#CC(c1ccccc1)(C1CCCC1)C1CCN(CC2CN(c3ccc(Sc4ccccc4)cc3)C2)CC1. The number of nitrogens with zero attached hydrogens (tertiary/aromatic N) is 3. The first-order valence-electron chi connectivity index (χ1n) is 14.5. The number of nitriles is 1. The zero-order valence-corrected chi connectivity index (χ0v) is 23.2. The summed E-state index contributed by atoms with van der Waals surface area (Å²) in [4.78, 5) is 7.78. The van der Waals surface area contributed by atoms with Crippen LogP contribution < -0.4 is 4.90 Å². The third kappa shape index (κ3) is 5.24. The lowest BCUT2D eigenvalue weighted by molar-refractivity contribution is 0.103. The number of benzene rings is 3. The molecule has 0 radical (unpaired) electrons. The van der Waals surface area contributed by atoms with E-state index in [0.717, 1.165) is 44.9 Å². The Balaban J connectivity index is 1.01. The zero-order chi connectivity index (χ0) is 25.8. The fourth-order valence-corrected chi connectivity index (χ4v) is 8.17. The predicted octanol–water partition coefficient (Wildman–Crippen LogP) is 7.64. The number of piperidine rings is 1. The summed E-state index contributed by atoms with van der Waals surface area (Å²) in [6, 6.07) is 33.4. The van der Waals surface area contributed by atoms with Gasteiger partial charge in [0.25, 0.3) is 0 Å². The van der Waals surface area contributed by atoms with Crippen LogP contribution in [0.5, 0.6) is 0 Å². The van der Waals surface area contributed by atoms with Crippen molar-refractivity contribution in [2.75, 3.05) is 37.6 Å². The highest BCUT2D eigenvalue weighted by molar-refractivity contribution is 7.99. The molecule has 3 nitrogen and oxygen atoms in total. The van der Waals surface area contributed by atoms with Crippen molar-refractivity contribution >= 4 is 17.4 Å². The van der Waals surface area contributed by atoms with Gasteiger partial charge in [-0.1, -0.05) is 73.1 Å². The normalized spacial score (nSPS) is 21.1. The van der Waals surface area contributed by atoms with Crippen molar-refractivity contribution in [2.24, 2.45) is 17.8 Å². The first kappa shape index (κ1) is 25.5. The topological polar surface area (TPSA) is 30.3 Å². The zero-order valence-electron chi connectivity index (χ0n) is 22.3. The van der Waals surface area contributed by atoms with Crippen molar-refractivity contribution in [2.45, 2.75) is 53.7 Å². The molecule has 38 heavy (non-hydrogen) atoms. The Morgan fingerprint density at radius 2 is 1.32 bits per heavy atom. The van der Waals surface area contributed by atoms with Crippen LogP contribution in [0.15, 0.2) is 94.7 Å². The molecule has 3 aliphatic rings. The molecular formula is C34H39N3S. The van der Waals surface area contributed by atoms with E-state index in [1.54, 1.807) is 0 Å². The predicted molar refractivity (Wildman–Crippen MR) is 158 cm³/mol. The maximum absolute atomic E-state index is 10.7. The number of rotatable bonds is 8. The highest BCUT2D eigenvalue weighted by atomic mass is 32.2. The summed E-state index contributed by atoms with van der Waals surface area (Å²) >= 11 is 1.82. The Labute approximate surface area is 232 Å². The summed E-state index contributed by atoms with van der Waals surface area (Å²) in [6.07, 6.45) is 7.30. The second-order valence-corrected chi connectivity index (χ2v) is 12.7. The van der Waals surface area contributed by atoms with E-state index in [1.165, 1.54) is 53.3 Å². The van der Waals surface area contributed by atoms with Gasteiger partial charge in [0.2, 0.25) is 0 Å². The number of anilines is 1. The molecule has 1 atom stereocenters. The number of hydrogen-bond acceptors (Lipinski definition) is 4. The van der Waals surface area contributed by atoms with Gasteiger partial charge in [-0.3, -0.25) is 0 Å². The molecule has 3 aromatic carbocycles. The Morgan fingerprint density at radius 3 is 1.95 bits per heavy atom. The van der Waals surface area contributed by atoms with E-state index in [9.17, 15) is 5.26 Å². The van der Waals surface area contributed by atoms with Crippen molar-refractivity contribution in [1.29, 1.82) is 5.26 Å². The molecule has 0 aromatic heterocycles. The monoisotopic (exact) mass is 521 g/mol. The summed E-state index contributed by atoms with van der Waals surface area (Å²) in [5.74, 6) is 1.73. The molecule has 0 spiro atoms. The van der Waals surface area contributed by atoms with E-state index in [4.69, 9.17) is 0 Å². The molecule has 4 heteroatoms. The maximum atomic E-state index is 10.7. The Morgan fingerprint density at radius 1 is 0.737 bits per heavy atom. The molecule has 0 N–H and O–H groups in total. The fourth-order valence-electron chi connectivity index (χ4n) is 7.33. The van der Waals surface area contributed by atoms with Crippen LogP contribution in [-0.2, 0) is 5.41 Å². The van der Waals surface area contributed by atoms with Crippen molar-refractivity contribution in [3.05, 3.63) is 90.5 Å². The van der Waals surface area contributed by atoms with Gasteiger partial charge in [-0.15, -0.1) is 0 Å². The lowest BCUT2D eigenvalue weighted by atomic mass is 9.60. The molecule has 6 rings (SSSR count). The van der Waals surface area contributed by atoms with Crippen molar-refractivity contribution < 1.29 is 0 Å². The maximum Gasteiger partial charge on any atom is 0.0879 e. The lowest BCUT2D eigenvalue weighted by Crippen LogP contribution is -2.53. The van der Waals surface area contributed by atoms with Gasteiger partial charge < -0.3 is 9.80 Å². The first-order valence-corrected chi connectivity index (χ1v) is 15.3. The lowest BCUT2D eigenvalue weighted by Gasteiger charge is -2.47. The molecule has 3 fully saturated rings. The van der Waals surface area contributed by atoms with Gasteiger partial charge in [0.1, 0.15) is 0 Å². The molecular weight excluding hydrogens is 482 g/mol. The van der Waals surface area contributed by atoms with Gasteiger partial charge in [-0.25, -0.2) is 0 Å². The smallest absolute Gasteiger partial charge is 0.0879 e. The van der Waals surface area contributed by atoms with Gasteiger partial charge in [-0.05, 0) is 92.6 Å². The Kier molecular flexibility index (Phi) is 7.77. The molecule has 0 bridgehead atoms. The van der Waals surface area contributed by atoms with Crippen LogP contribution in [0.2, 0.25) is 0 Å². The molecule has 2 aliphatic heterocycles. The average molecular weight is 522 g/mol. The number of likely N-dealkylation sites (tertiary alicyclic amines) is 1. The van der Waals surface area contributed by atoms with E-state index >= 15 is 0 Å². The van der Waals surface area contributed by atoms with Gasteiger partial charge >= 0.3 is 0 Å². The van der Waals surface area contributed by atoms with Gasteiger partial charge in [0, 0.05) is 41.0 Å². The molecule has 2 saturated heterocycles. The minimum atomic E-state index is -0.303. The van der Waals surface area contributed by atoms with Crippen LogP contribution >= 0.6 is 11.8 Å². The molecule has 0 amide bonds. The minimum absolute atomic E-state index is 0.303. The quantitative estimate of drug-likeness (QED) is 0.305. The first-order chi connectivity index (χ1) is 18.7. The molecule has 3 aromatic rings. The standard InChI is InChI=1S/C34H39N3S/c35-26-34(29-11-7-8-12-29,28-9-3-1-4-10-28)30-19-21-36(22-20-30)23-27-24-37(25-27)31-15-17-33(18-16-31)38-32-13-5-2-6-14-32/h1-6,9-10,13-18,27,29-30H,7-8,11-12,19-25H2. The highest BCUT2D eigenvalue weighted by Gasteiger charge is 2.48. The minimum Gasteiger partial charge on any atom is -0.371 e. The van der Waals surface area contributed by atoms with Crippen LogP contribution in [0, 0.1) is 29.1 Å². The van der Waals surface area contributed by atoms with E-state index in [0.29, 0.717) is 11.8 Å². The van der Waals surface area contributed by atoms with Crippen molar-refractivity contribution in [3.8, 4) is 6.07 Å². The van der Waals surface area contributed by atoms with Crippen LogP contribution in [-0.4, -0.2) is 37.6 Å². The van der Waals surface area contributed by atoms with E-state index in [1.807, 2.05) is 11.8 Å². The van der Waals surface area contributed by atoms with Crippen LogP contribution in [0.4, 0.5) is 5.69 Å². The second-order valence-electron chi connectivity index (χ2n) is 11.6. The molecule has 1 saturated carbocycles. The van der Waals surface area contributed by atoms with Crippen LogP contribution in [0.25, 0.3) is 0 Å². The van der Waals surface area contributed by atoms with E-state index in [2.05, 4.69) is 101 Å². The highest BCUT2D eigenvalue weighted by Crippen LogP contribution is 2.50. The third-order valence-electron chi connectivity index (χ3n) is 9.32. The van der Waals surface area contributed by atoms with Crippen molar-refractivity contribution in [3.63, 3.8) is 0 Å². The number of hydrogen-bond donors (Lipinski definition) is 0. The van der Waals surface area contributed by atoms with Crippen molar-refractivity contribution in [1.82, 2.24) is 4.90 Å². The summed E-state index contributed by atoms with van der Waals surface area (Å²) < 4.78 is 0.